The smallest absolute Gasteiger partial charge is 0.241 e. The molecule has 0 saturated carbocycles. The summed E-state index contributed by atoms with van der Waals surface area (Å²) < 4.78 is 28.7. The molecule has 0 unspecified atom stereocenters. The zero-order chi connectivity index (χ0) is 18.3. The molecule has 0 aliphatic heterocycles. The van der Waals surface area contributed by atoms with Crippen molar-refractivity contribution in [2.45, 2.75) is 30.7 Å². The van der Waals surface area contributed by atoms with Gasteiger partial charge in [-0.15, -0.1) is 0 Å². The Labute approximate surface area is 162 Å². The zero-order valence-electron chi connectivity index (χ0n) is 13.9. The van der Waals surface area contributed by atoms with Crippen molar-refractivity contribution in [3.63, 3.8) is 0 Å². The molecule has 25 heavy (non-hydrogen) atoms. The van der Waals surface area contributed by atoms with Gasteiger partial charge in [-0.1, -0.05) is 37.3 Å². The Balaban J connectivity index is 2.22. The summed E-state index contributed by atoms with van der Waals surface area (Å²) in [5.41, 5.74) is 0.893. The van der Waals surface area contributed by atoms with Crippen molar-refractivity contribution in [3.05, 3.63) is 63.7 Å². The summed E-state index contributed by atoms with van der Waals surface area (Å²) in [6, 6.07) is 15.0. The fraction of sp³-hybridized carbons (Fsp3) is 0.278. The van der Waals surface area contributed by atoms with E-state index in [0.717, 1.165) is 15.6 Å². The summed E-state index contributed by atoms with van der Waals surface area (Å²) in [5.74, 6) is -0.320. The zero-order valence-corrected chi connectivity index (χ0v) is 16.9. The quantitative estimate of drug-likeness (QED) is 0.581. The van der Waals surface area contributed by atoms with Gasteiger partial charge in [0.25, 0.3) is 0 Å². The Morgan fingerprint density at radius 3 is 2.32 bits per heavy atom. The molecule has 0 aliphatic carbocycles. The number of hydrogen-bond donors (Lipinski definition) is 2. The average molecular weight is 472 g/mol. The first-order valence-electron chi connectivity index (χ1n) is 8.02. The monoisotopic (exact) mass is 472 g/mol. The molecule has 0 radical (unpaired) electrons. The number of rotatable bonds is 8. The van der Waals surface area contributed by atoms with E-state index in [1.165, 1.54) is 12.1 Å². The van der Waals surface area contributed by atoms with Crippen LogP contribution in [0.4, 0.5) is 0 Å². The molecule has 2 aromatic rings. The Morgan fingerprint density at radius 2 is 1.72 bits per heavy atom. The molecule has 0 heterocycles. The van der Waals surface area contributed by atoms with E-state index in [9.17, 15) is 13.2 Å². The van der Waals surface area contributed by atoms with Gasteiger partial charge in [0.15, 0.2) is 0 Å². The number of carbonyl (C=O) groups excluding carboxylic acids is 1. The molecule has 0 aromatic heterocycles. The van der Waals surface area contributed by atoms with Crippen LogP contribution in [0.3, 0.4) is 0 Å². The van der Waals surface area contributed by atoms with Crippen LogP contribution in [-0.4, -0.2) is 26.9 Å². The molecule has 0 saturated heterocycles. The molecule has 0 spiro atoms. The van der Waals surface area contributed by atoms with Gasteiger partial charge in [-0.3, -0.25) is 4.79 Å². The molecule has 2 rings (SSSR count). The third-order valence-electron chi connectivity index (χ3n) is 3.57. The highest BCUT2D eigenvalue weighted by atomic mass is 127. The van der Waals surface area contributed by atoms with E-state index < -0.39 is 16.1 Å². The normalized spacial score (nSPS) is 12.6. The summed E-state index contributed by atoms with van der Waals surface area (Å²) in [6.07, 6.45) is 1.08. The minimum atomic E-state index is -3.78. The predicted molar refractivity (Wildman–Crippen MR) is 107 cm³/mol. The van der Waals surface area contributed by atoms with Gasteiger partial charge in [0.2, 0.25) is 15.9 Å². The Kier molecular flexibility index (Phi) is 7.39. The summed E-state index contributed by atoms with van der Waals surface area (Å²) in [7, 11) is -3.78. The highest BCUT2D eigenvalue weighted by Crippen LogP contribution is 2.13. The number of hydrogen-bond acceptors (Lipinski definition) is 3. The molecule has 7 heteroatoms. The van der Waals surface area contributed by atoms with Crippen LogP contribution in [0.15, 0.2) is 59.5 Å². The van der Waals surface area contributed by atoms with Gasteiger partial charge in [-0.05, 0) is 65.3 Å². The van der Waals surface area contributed by atoms with Crippen LogP contribution in [-0.2, 0) is 21.2 Å². The van der Waals surface area contributed by atoms with Crippen molar-refractivity contribution in [3.8, 4) is 0 Å². The highest BCUT2D eigenvalue weighted by Gasteiger charge is 2.25. The molecule has 1 amide bonds. The average Bonchev–Trinajstić information content (AvgIpc) is 2.60. The van der Waals surface area contributed by atoms with Crippen LogP contribution in [0.25, 0.3) is 0 Å². The van der Waals surface area contributed by atoms with E-state index in [4.69, 9.17) is 0 Å². The maximum atomic E-state index is 12.6. The van der Waals surface area contributed by atoms with Crippen molar-refractivity contribution >= 4 is 38.5 Å². The molecule has 134 valence electrons. The van der Waals surface area contributed by atoms with Crippen molar-refractivity contribution in [2.24, 2.45) is 0 Å². The largest absolute Gasteiger partial charge is 0.355 e. The van der Waals surface area contributed by atoms with Gasteiger partial charge in [0, 0.05) is 10.1 Å². The second-order valence-electron chi connectivity index (χ2n) is 5.61. The molecular formula is C18H21IN2O3S. The number of amides is 1. The Bertz CT molecular complexity index is 793. The molecule has 1 atom stereocenters. The lowest BCUT2D eigenvalue weighted by atomic mass is 10.1. The standard InChI is InChI=1S/C18H21IN2O3S/c1-2-12-20-18(22)17(13-14-6-4-3-5-7-14)21-25(23,24)16-10-8-15(19)9-11-16/h3-11,17,21H,2,12-13H2,1H3,(H,20,22)/t17-/m1/s1. The third kappa shape index (κ3) is 6.09. The number of carbonyl (C=O) groups is 1. The van der Waals surface area contributed by atoms with Gasteiger partial charge < -0.3 is 5.32 Å². The topological polar surface area (TPSA) is 75.3 Å². The lowest BCUT2D eigenvalue weighted by molar-refractivity contribution is -0.122. The van der Waals surface area contributed by atoms with Crippen LogP contribution in [0.2, 0.25) is 0 Å². The molecule has 0 aliphatic rings. The van der Waals surface area contributed by atoms with Gasteiger partial charge in [0.05, 0.1) is 4.90 Å². The molecular weight excluding hydrogens is 451 g/mol. The maximum Gasteiger partial charge on any atom is 0.241 e. The first kappa shape index (κ1) is 19.9. The fourth-order valence-electron chi connectivity index (χ4n) is 2.28. The minimum absolute atomic E-state index is 0.147. The SMILES string of the molecule is CCCNC(=O)[C@@H](Cc1ccccc1)NS(=O)(=O)c1ccc(I)cc1. The van der Waals surface area contributed by atoms with E-state index in [2.05, 4.69) is 32.6 Å². The molecule has 2 aromatic carbocycles. The molecule has 2 N–H and O–H groups in total. The maximum absolute atomic E-state index is 12.6. The van der Waals surface area contributed by atoms with E-state index in [1.807, 2.05) is 37.3 Å². The van der Waals surface area contributed by atoms with Crippen LogP contribution in [0.1, 0.15) is 18.9 Å². The van der Waals surface area contributed by atoms with Gasteiger partial charge >= 0.3 is 0 Å². The molecule has 0 bridgehead atoms. The van der Waals surface area contributed by atoms with E-state index in [1.54, 1.807) is 12.1 Å². The summed E-state index contributed by atoms with van der Waals surface area (Å²) >= 11 is 2.11. The number of benzene rings is 2. The predicted octanol–water partition coefficient (Wildman–Crippen LogP) is 2.71. The fourth-order valence-corrected chi connectivity index (χ4v) is 3.83. The third-order valence-corrected chi connectivity index (χ3v) is 5.78. The lowest BCUT2D eigenvalue weighted by Gasteiger charge is -2.18. The molecule has 5 nitrogen and oxygen atoms in total. The van der Waals surface area contributed by atoms with E-state index in [0.29, 0.717) is 13.0 Å². The van der Waals surface area contributed by atoms with E-state index >= 15 is 0 Å². The molecule has 0 fully saturated rings. The lowest BCUT2D eigenvalue weighted by Crippen LogP contribution is -2.48. The van der Waals surface area contributed by atoms with Crippen molar-refractivity contribution < 1.29 is 13.2 Å². The Morgan fingerprint density at radius 1 is 1.08 bits per heavy atom. The van der Waals surface area contributed by atoms with Crippen molar-refractivity contribution in [1.29, 1.82) is 0 Å². The minimum Gasteiger partial charge on any atom is -0.355 e. The van der Waals surface area contributed by atoms with Gasteiger partial charge in [-0.25, -0.2) is 8.42 Å². The Hall–Kier alpha value is -1.45. The second-order valence-corrected chi connectivity index (χ2v) is 8.57. The van der Waals surface area contributed by atoms with E-state index in [-0.39, 0.29) is 10.8 Å². The van der Waals surface area contributed by atoms with Gasteiger partial charge in [0.1, 0.15) is 6.04 Å². The van der Waals surface area contributed by atoms with Crippen LogP contribution in [0, 0.1) is 3.57 Å². The first-order valence-corrected chi connectivity index (χ1v) is 10.6. The summed E-state index contributed by atoms with van der Waals surface area (Å²) in [6.45, 7) is 2.46. The van der Waals surface area contributed by atoms with Crippen molar-refractivity contribution in [1.82, 2.24) is 10.0 Å². The van der Waals surface area contributed by atoms with Crippen LogP contribution >= 0.6 is 22.6 Å². The van der Waals surface area contributed by atoms with Crippen LogP contribution < -0.4 is 10.0 Å². The highest BCUT2D eigenvalue weighted by molar-refractivity contribution is 14.1. The van der Waals surface area contributed by atoms with Gasteiger partial charge in [-0.2, -0.15) is 4.72 Å². The van der Waals surface area contributed by atoms with Crippen LogP contribution in [0.5, 0.6) is 0 Å². The number of nitrogens with one attached hydrogen (secondary N) is 2. The van der Waals surface area contributed by atoms with Crippen molar-refractivity contribution in [2.75, 3.05) is 6.54 Å². The number of halogens is 1. The number of sulfonamides is 1. The second kappa shape index (κ2) is 9.30. The summed E-state index contributed by atoms with van der Waals surface area (Å²) in [5, 5.41) is 2.77. The summed E-state index contributed by atoms with van der Waals surface area (Å²) in [4.78, 5) is 12.6. The first-order chi connectivity index (χ1) is 11.9.